The monoisotopic (exact) mass is 760 g/mol. The smallest absolute Gasteiger partial charge is 0.347 e. The topological polar surface area (TPSA) is 140 Å². The lowest BCUT2D eigenvalue weighted by Crippen LogP contribution is -2.32. The number of rotatable bonds is 14. The van der Waals surface area contributed by atoms with Crippen molar-refractivity contribution in [2.24, 2.45) is 0 Å². The molecule has 0 spiro atoms. The van der Waals surface area contributed by atoms with Gasteiger partial charge >= 0.3 is 5.97 Å². The van der Waals surface area contributed by atoms with Gasteiger partial charge in [0.15, 0.2) is 12.1 Å². The predicted molar refractivity (Wildman–Crippen MR) is 205 cm³/mol. The molecule has 3 heterocycles. The first-order valence-electron chi connectivity index (χ1n) is 16.7. The average molecular weight is 761 g/mol. The molecule has 0 aliphatic heterocycles. The number of aromatic nitrogens is 4. The number of halogens is 1. The van der Waals surface area contributed by atoms with E-state index in [-0.39, 0.29) is 25.5 Å². The molecule has 0 radical (unpaired) electrons. The van der Waals surface area contributed by atoms with E-state index < -0.39 is 12.1 Å². The number of aldehydes is 2. The van der Waals surface area contributed by atoms with Crippen LogP contribution in [0.25, 0.3) is 32.7 Å². The number of carbonyl (C=O) groups excluding carboxylic acids is 3. The zero-order chi connectivity index (χ0) is 38.2. The summed E-state index contributed by atoms with van der Waals surface area (Å²) in [7, 11) is 1.58. The van der Waals surface area contributed by atoms with Gasteiger partial charge in [-0.15, -0.1) is 17.3 Å². The summed E-state index contributed by atoms with van der Waals surface area (Å²) in [6.45, 7) is 5.38. The summed E-state index contributed by atoms with van der Waals surface area (Å²) < 4.78 is 23.7. The molecule has 0 unspecified atom stereocenters. The summed E-state index contributed by atoms with van der Waals surface area (Å²) in [5, 5.41) is 0.821. The number of carbonyl (C=O) groups is 3. The van der Waals surface area contributed by atoms with Crippen LogP contribution < -0.4 is 14.2 Å². The van der Waals surface area contributed by atoms with Gasteiger partial charge in [-0.3, -0.25) is 9.59 Å². The van der Waals surface area contributed by atoms with Gasteiger partial charge in [0.1, 0.15) is 35.5 Å². The van der Waals surface area contributed by atoms with Crippen molar-refractivity contribution in [1.29, 1.82) is 0 Å². The number of hydrogen-bond donors (Lipinski definition) is 0. The number of fused-ring (bicyclic) bond motifs is 1. The fraction of sp³-hybridized carbons (Fsp3) is 0.195. The minimum Gasteiger partial charge on any atom is -0.496 e. The summed E-state index contributed by atoms with van der Waals surface area (Å²) in [6.07, 6.45) is 3.13. The van der Waals surface area contributed by atoms with E-state index in [0.717, 1.165) is 5.56 Å². The number of nitrogens with zero attached hydrogens (tertiary/aromatic N) is 4. The molecule has 1 atom stereocenters. The lowest BCUT2D eigenvalue weighted by molar-refractivity contribution is -0.151. The van der Waals surface area contributed by atoms with E-state index in [2.05, 4.69) is 31.8 Å². The Bertz CT molecular complexity index is 2440. The highest BCUT2D eigenvalue weighted by Gasteiger charge is 2.29. The number of hydrogen-bond acceptors (Lipinski definition) is 12. The zero-order valence-electron chi connectivity index (χ0n) is 29.7. The summed E-state index contributed by atoms with van der Waals surface area (Å²) >= 11 is 7.94. The molecule has 0 N–H and O–H groups in total. The van der Waals surface area contributed by atoms with Gasteiger partial charge in [-0.25, -0.2) is 24.7 Å². The zero-order valence-corrected chi connectivity index (χ0v) is 31.3. The molecule has 0 amide bonds. The molecule has 11 nitrogen and oxygen atoms in total. The van der Waals surface area contributed by atoms with Gasteiger partial charge in [-0.1, -0.05) is 35.7 Å². The van der Waals surface area contributed by atoms with Crippen LogP contribution in [0.15, 0.2) is 73.2 Å². The Morgan fingerprint density at radius 2 is 1.83 bits per heavy atom. The molecule has 272 valence electrons. The van der Waals surface area contributed by atoms with Crippen molar-refractivity contribution in [2.45, 2.75) is 39.9 Å². The molecule has 6 aromatic rings. The second kappa shape index (κ2) is 17.1. The number of para-hydroxylation sites is 1. The van der Waals surface area contributed by atoms with Crippen LogP contribution in [0.3, 0.4) is 0 Å². The first-order valence-corrected chi connectivity index (χ1v) is 17.9. The van der Waals surface area contributed by atoms with Crippen molar-refractivity contribution >= 4 is 51.7 Å². The van der Waals surface area contributed by atoms with Gasteiger partial charge in [0.25, 0.3) is 0 Å². The van der Waals surface area contributed by atoms with Gasteiger partial charge in [0.05, 0.1) is 40.3 Å². The normalized spacial score (nSPS) is 11.3. The molecule has 0 saturated heterocycles. The van der Waals surface area contributed by atoms with E-state index >= 15 is 0 Å². The van der Waals surface area contributed by atoms with Crippen LogP contribution in [0.4, 0.5) is 0 Å². The van der Waals surface area contributed by atoms with E-state index in [1.54, 1.807) is 63.6 Å². The number of esters is 1. The van der Waals surface area contributed by atoms with Crippen LogP contribution in [0.5, 0.6) is 17.4 Å². The molecule has 54 heavy (non-hydrogen) atoms. The largest absolute Gasteiger partial charge is 0.496 e. The van der Waals surface area contributed by atoms with Crippen molar-refractivity contribution in [1.82, 2.24) is 19.9 Å². The maximum atomic E-state index is 13.6. The van der Waals surface area contributed by atoms with Crippen LogP contribution in [0, 0.1) is 18.8 Å². The highest BCUT2D eigenvalue weighted by Crippen LogP contribution is 2.44. The number of methoxy groups -OCH3 is 1. The highest BCUT2D eigenvalue weighted by molar-refractivity contribution is 7.19. The Labute approximate surface area is 320 Å². The second-order valence-electron chi connectivity index (χ2n) is 11.7. The molecule has 13 heteroatoms. The number of thiophene rings is 1. The van der Waals surface area contributed by atoms with E-state index in [1.165, 1.54) is 17.7 Å². The molecule has 0 aliphatic rings. The molecule has 0 saturated carbocycles. The third kappa shape index (κ3) is 7.93. The predicted octanol–water partition coefficient (Wildman–Crippen LogP) is 7.91. The average Bonchev–Trinajstić information content (AvgIpc) is 3.56. The van der Waals surface area contributed by atoms with Crippen LogP contribution in [0.2, 0.25) is 5.02 Å². The van der Waals surface area contributed by atoms with Gasteiger partial charge in [0, 0.05) is 29.3 Å². The molecule has 0 bridgehead atoms. The lowest BCUT2D eigenvalue weighted by atomic mass is 9.96. The van der Waals surface area contributed by atoms with Gasteiger partial charge < -0.3 is 18.9 Å². The van der Waals surface area contributed by atoms with Crippen LogP contribution in [-0.4, -0.2) is 58.3 Å². The summed E-state index contributed by atoms with van der Waals surface area (Å²) in [5.41, 5.74) is 4.57. The van der Waals surface area contributed by atoms with Crippen molar-refractivity contribution in [3.8, 4) is 51.7 Å². The number of ether oxygens (including phenoxy) is 4. The fourth-order valence-electron chi connectivity index (χ4n) is 5.83. The minimum absolute atomic E-state index is 0.0441. The Balaban J connectivity index is 1.37. The standard InChI is InChI=1S/C41H33ClN4O7S/c1-5-9-34-35(29-14-13-26(21-48)37(42)24(29)3)36-39(44-23-45-40(36)54-34)53-33(41(49)51-6-2)19-27-18-25(20-47)12-15-31(27)52-22-28-16-17-43-38(46-28)30-10-7-8-11-32(30)50-4/h7-8,10-18,20-21,23,33H,6,19,22H2,1-4H3/t33-/m1/s1. The van der Waals surface area contributed by atoms with E-state index in [9.17, 15) is 14.4 Å². The van der Waals surface area contributed by atoms with Crippen LogP contribution in [-0.2, 0) is 22.6 Å². The molecular formula is C41H33ClN4O7S. The summed E-state index contributed by atoms with van der Waals surface area (Å²) in [6, 6.07) is 17.5. The lowest BCUT2D eigenvalue weighted by Gasteiger charge is -2.20. The summed E-state index contributed by atoms with van der Waals surface area (Å²) in [5.74, 6) is 7.06. The van der Waals surface area contributed by atoms with Crippen LogP contribution >= 0.6 is 22.9 Å². The third-order valence-corrected chi connectivity index (χ3v) is 9.89. The molecule has 6 rings (SSSR count). The molecule has 3 aromatic heterocycles. The fourth-order valence-corrected chi connectivity index (χ4v) is 7.09. The quantitative estimate of drug-likeness (QED) is 0.0608. The molecule has 0 aliphatic carbocycles. The number of benzene rings is 3. The molecular weight excluding hydrogens is 728 g/mol. The minimum atomic E-state index is -1.22. The Hall–Kier alpha value is -6.16. The summed E-state index contributed by atoms with van der Waals surface area (Å²) in [4.78, 5) is 56.4. The maximum Gasteiger partial charge on any atom is 0.347 e. The highest BCUT2D eigenvalue weighted by atomic mass is 35.5. The third-order valence-electron chi connectivity index (χ3n) is 8.37. The van der Waals surface area contributed by atoms with Crippen LogP contribution in [0.1, 0.15) is 56.3 Å². The van der Waals surface area contributed by atoms with Crippen molar-refractivity contribution < 1.29 is 33.3 Å². The van der Waals surface area contributed by atoms with Crippen molar-refractivity contribution in [3.63, 3.8) is 0 Å². The molecule has 3 aromatic carbocycles. The van der Waals surface area contributed by atoms with Gasteiger partial charge in [-0.05, 0) is 79.9 Å². The van der Waals surface area contributed by atoms with Gasteiger partial charge in [-0.2, -0.15) is 0 Å². The molecule has 0 fully saturated rings. The van der Waals surface area contributed by atoms with E-state index in [0.29, 0.717) is 89.1 Å². The SMILES string of the molecule is CC#Cc1sc2ncnc(O[C@H](Cc3cc(C=O)ccc3OCc3ccnc(-c4ccccc4OC)n3)C(=O)OCC)c2c1-c1ccc(C=O)c(Cl)c1C. The van der Waals surface area contributed by atoms with E-state index in [1.807, 2.05) is 31.2 Å². The van der Waals surface area contributed by atoms with Gasteiger partial charge in [0.2, 0.25) is 12.0 Å². The second-order valence-corrected chi connectivity index (χ2v) is 13.1. The van der Waals surface area contributed by atoms with E-state index in [4.69, 9.17) is 30.5 Å². The maximum absolute atomic E-state index is 13.6. The first-order chi connectivity index (χ1) is 26.3. The van der Waals surface area contributed by atoms with Crippen molar-refractivity contribution in [2.75, 3.05) is 13.7 Å². The Morgan fingerprint density at radius 1 is 1.00 bits per heavy atom. The Morgan fingerprint density at radius 3 is 2.59 bits per heavy atom. The van der Waals surface area contributed by atoms with Crippen molar-refractivity contribution in [3.05, 3.63) is 111 Å². The first kappa shape index (κ1) is 37.6. The Kier molecular flexibility index (Phi) is 11.9.